The molecule has 1 aromatic heterocycles. The molecule has 3 rings (SSSR count). The van der Waals surface area contributed by atoms with Crippen LogP contribution in [0.3, 0.4) is 0 Å². The number of aromatic nitrogens is 4. The second-order valence-corrected chi connectivity index (χ2v) is 7.34. The molecule has 0 atom stereocenters. The fourth-order valence-corrected chi connectivity index (χ4v) is 3.14. The number of phenolic OH excluding ortho intramolecular Hbond substituents is 1. The second kappa shape index (κ2) is 10.0. The van der Waals surface area contributed by atoms with E-state index in [0.29, 0.717) is 18.2 Å². The van der Waals surface area contributed by atoms with Gasteiger partial charge < -0.3 is 14.7 Å². The Morgan fingerprint density at radius 3 is 2.62 bits per heavy atom. The van der Waals surface area contributed by atoms with Crippen LogP contribution >= 0.6 is 0 Å². The summed E-state index contributed by atoms with van der Waals surface area (Å²) in [5.74, 6) is 1.71. The van der Waals surface area contributed by atoms with E-state index in [9.17, 15) is 5.11 Å². The van der Waals surface area contributed by atoms with Crippen LogP contribution in [-0.4, -0.2) is 50.9 Å². The van der Waals surface area contributed by atoms with Gasteiger partial charge in [-0.25, -0.2) is 0 Å². The third kappa shape index (κ3) is 5.77. The molecule has 1 N–H and O–H groups in total. The predicted octanol–water partition coefficient (Wildman–Crippen LogP) is 3.53. The van der Waals surface area contributed by atoms with Gasteiger partial charge in [0.25, 0.3) is 0 Å². The molecule has 154 valence electrons. The molecule has 0 radical (unpaired) electrons. The summed E-state index contributed by atoms with van der Waals surface area (Å²) < 4.78 is 5.93. The van der Waals surface area contributed by atoms with Gasteiger partial charge in [0.1, 0.15) is 18.1 Å². The predicted molar refractivity (Wildman–Crippen MR) is 113 cm³/mol. The zero-order chi connectivity index (χ0) is 20.6. The maximum absolute atomic E-state index is 10.1. The molecule has 0 aliphatic heterocycles. The van der Waals surface area contributed by atoms with E-state index in [1.165, 1.54) is 0 Å². The van der Waals surface area contributed by atoms with E-state index in [-0.39, 0.29) is 0 Å². The van der Waals surface area contributed by atoms with E-state index in [2.05, 4.69) is 41.3 Å². The highest BCUT2D eigenvalue weighted by atomic mass is 16.5. The molecule has 7 heteroatoms. The summed E-state index contributed by atoms with van der Waals surface area (Å²) in [5.41, 5.74) is 2.88. The van der Waals surface area contributed by atoms with Crippen molar-refractivity contribution in [2.24, 2.45) is 0 Å². The standard InChI is InChI=1S/C22H29N5O2/c1-4-7-20-18(8-5-9-21(20)28)16-29-19-12-10-17(11-13-19)22-23-25-27(24-22)15-6-14-26(2)3/h5,8-13,28H,4,6-7,14-16H2,1-3H3. The lowest BCUT2D eigenvalue weighted by molar-refractivity contribution is 0.304. The number of nitrogens with zero attached hydrogens (tertiary/aromatic N) is 5. The van der Waals surface area contributed by atoms with Crippen LogP contribution in [0.4, 0.5) is 0 Å². The highest BCUT2D eigenvalue weighted by Gasteiger charge is 2.09. The molecular formula is C22H29N5O2. The van der Waals surface area contributed by atoms with Crippen LogP contribution in [0.1, 0.15) is 30.9 Å². The first-order chi connectivity index (χ1) is 14.1. The quantitative estimate of drug-likeness (QED) is 0.566. The number of rotatable bonds is 10. The van der Waals surface area contributed by atoms with Gasteiger partial charge in [0.2, 0.25) is 5.82 Å². The average Bonchev–Trinajstić information content (AvgIpc) is 3.17. The lowest BCUT2D eigenvalue weighted by Crippen LogP contribution is -2.15. The molecule has 0 aliphatic carbocycles. The largest absolute Gasteiger partial charge is 0.508 e. The van der Waals surface area contributed by atoms with Gasteiger partial charge in [-0.3, -0.25) is 0 Å². The molecule has 0 fully saturated rings. The van der Waals surface area contributed by atoms with Gasteiger partial charge in [0.15, 0.2) is 0 Å². The Morgan fingerprint density at radius 2 is 1.90 bits per heavy atom. The van der Waals surface area contributed by atoms with E-state index >= 15 is 0 Å². The summed E-state index contributed by atoms with van der Waals surface area (Å²) in [6.45, 7) is 4.25. The Labute approximate surface area is 171 Å². The van der Waals surface area contributed by atoms with Crippen molar-refractivity contribution in [3.63, 3.8) is 0 Å². The summed E-state index contributed by atoms with van der Waals surface area (Å²) in [7, 11) is 4.10. The Kier molecular flexibility index (Phi) is 7.19. The fraction of sp³-hybridized carbons (Fsp3) is 0.409. The van der Waals surface area contributed by atoms with E-state index in [1.807, 2.05) is 36.4 Å². The topological polar surface area (TPSA) is 76.3 Å². The molecule has 7 nitrogen and oxygen atoms in total. The third-order valence-corrected chi connectivity index (χ3v) is 4.67. The number of phenols is 1. The van der Waals surface area contributed by atoms with Crippen molar-refractivity contribution in [1.29, 1.82) is 0 Å². The van der Waals surface area contributed by atoms with Gasteiger partial charge in [-0.2, -0.15) is 4.80 Å². The van der Waals surface area contributed by atoms with Crippen molar-refractivity contribution in [3.05, 3.63) is 53.6 Å². The van der Waals surface area contributed by atoms with Crippen molar-refractivity contribution < 1.29 is 9.84 Å². The maximum atomic E-state index is 10.1. The fourth-order valence-electron chi connectivity index (χ4n) is 3.14. The number of tetrazole rings is 1. The highest BCUT2D eigenvalue weighted by molar-refractivity contribution is 5.55. The zero-order valence-electron chi connectivity index (χ0n) is 17.4. The number of hydrogen-bond donors (Lipinski definition) is 1. The summed E-state index contributed by atoms with van der Waals surface area (Å²) in [4.78, 5) is 3.78. The lowest BCUT2D eigenvalue weighted by atomic mass is 10.0. The monoisotopic (exact) mass is 395 g/mol. The summed E-state index contributed by atoms with van der Waals surface area (Å²) in [6, 6.07) is 13.3. The molecule has 3 aromatic rings. The summed E-state index contributed by atoms with van der Waals surface area (Å²) in [5, 5.41) is 22.8. The Balaban J connectivity index is 1.60. The molecular weight excluding hydrogens is 366 g/mol. The van der Waals surface area contributed by atoms with E-state index in [1.54, 1.807) is 10.9 Å². The molecule has 2 aromatic carbocycles. The number of aromatic hydroxyl groups is 1. The molecule has 0 saturated carbocycles. The first kappa shape index (κ1) is 20.8. The SMILES string of the molecule is CCCc1c(O)cccc1COc1ccc(-c2nnn(CCCN(C)C)n2)cc1. The van der Waals surface area contributed by atoms with Crippen LogP contribution in [0.5, 0.6) is 11.5 Å². The first-order valence-electron chi connectivity index (χ1n) is 10.0. The minimum absolute atomic E-state index is 0.336. The first-order valence-corrected chi connectivity index (χ1v) is 10.0. The van der Waals surface area contributed by atoms with Crippen LogP contribution in [0.25, 0.3) is 11.4 Å². The van der Waals surface area contributed by atoms with Gasteiger partial charge in [-0.15, -0.1) is 10.2 Å². The molecule has 1 heterocycles. The number of ether oxygens (including phenoxy) is 1. The number of aryl methyl sites for hydroxylation is 1. The second-order valence-electron chi connectivity index (χ2n) is 7.34. The van der Waals surface area contributed by atoms with Crippen molar-refractivity contribution in [1.82, 2.24) is 25.1 Å². The normalized spacial score (nSPS) is 11.2. The Morgan fingerprint density at radius 1 is 1.10 bits per heavy atom. The minimum Gasteiger partial charge on any atom is -0.508 e. The van der Waals surface area contributed by atoms with Crippen LogP contribution in [0, 0.1) is 0 Å². The van der Waals surface area contributed by atoms with Crippen molar-refractivity contribution in [2.75, 3.05) is 20.6 Å². The van der Waals surface area contributed by atoms with Crippen LogP contribution in [0.2, 0.25) is 0 Å². The van der Waals surface area contributed by atoms with E-state index < -0.39 is 0 Å². The molecule has 0 aliphatic rings. The van der Waals surface area contributed by atoms with Crippen molar-refractivity contribution in [2.45, 2.75) is 39.3 Å². The maximum Gasteiger partial charge on any atom is 0.204 e. The van der Waals surface area contributed by atoms with Gasteiger partial charge in [-0.05, 0) is 74.6 Å². The van der Waals surface area contributed by atoms with Gasteiger partial charge >= 0.3 is 0 Å². The molecule has 0 saturated heterocycles. The summed E-state index contributed by atoms with van der Waals surface area (Å²) in [6.07, 6.45) is 2.78. The third-order valence-electron chi connectivity index (χ3n) is 4.67. The molecule has 0 unspecified atom stereocenters. The molecule has 0 bridgehead atoms. The molecule has 0 spiro atoms. The Hall–Kier alpha value is -2.93. The number of benzene rings is 2. The average molecular weight is 396 g/mol. The Bertz CT molecular complexity index is 906. The van der Waals surface area contributed by atoms with Crippen LogP contribution < -0.4 is 4.74 Å². The van der Waals surface area contributed by atoms with Gasteiger partial charge in [-0.1, -0.05) is 25.5 Å². The smallest absolute Gasteiger partial charge is 0.204 e. The zero-order valence-corrected chi connectivity index (χ0v) is 17.4. The van der Waals surface area contributed by atoms with Gasteiger partial charge in [0.05, 0.1) is 6.54 Å². The highest BCUT2D eigenvalue weighted by Crippen LogP contribution is 2.25. The number of hydrogen-bond acceptors (Lipinski definition) is 6. The van der Waals surface area contributed by atoms with E-state index in [0.717, 1.165) is 54.8 Å². The van der Waals surface area contributed by atoms with Crippen LogP contribution in [-0.2, 0) is 19.6 Å². The van der Waals surface area contributed by atoms with Crippen molar-refractivity contribution >= 4 is 0 Å². The van der Waals surface area contributed by atoms with Gasteiger partial charge in [0, 0.05) is 11.1 Å². The molecule has 29 heavy (non-hydrogen) atoms. The molecule has 0 amide bonds. The lowest BCUT2D eigenvalue weighted by Gasteiger charge is -2.12. The van der Waals surface area contributed by atoms with Crippen molar-refractivity contribution in [3.8, 4) is 22.9 Å². The minimum atomic E-state index is 0.336. The van der Waals surface area contributed by atoms with Crippen LogP contribution in [0.15, 0.2) is 42.5 Å². The van der Waals surface area contributed by atoms with E-state index in [4.69, 9.17) is 4.74 Å². The summed E-state index contributed by atoms with van der Waals surface area (Å²) >= 11 is 0.